The zero-order chi connectivity index (χ0) is 23.2. The molecule has 0 saturated heterocycles. The van der Waals surface area contributed by atoms with Crippen LogP contribution in [0.3, 0.4) is 0 Å². The number of nitrogens with zero attached hydrogens (tertiary/aromatic N) is 2. The van der Waals surface area contributed by atoms with Gasteiger partial charge in [0.05, 0.1) is 12.3 Å². The summed E-state index contributed by atoms with van der Waals surface area (Å²) < 4.78 is 6.84. The van der Waals surface area contributed by atoms with E-state index in [2.05, 4.69) is 0 Å². The van der Waals surface area contributed by atoms with Gasteiger partial charge in [-0.3, -0.25) is 4.79 Å². The maximum Gasteiger partial charge on any atom is 0.329 e. The van der Waals surface area contributed by atoms with Gasteiger partial charge in [0, 0.05) is 28.8 Å². The molecule has 4 rings (SSSR count). The molecular formula is C26H27ClN2O4. The summed E-state index contributed by atoms with van der Waals surface area (Å²) >= 11 is 6.09. The summed E-state index contributed by atoms with van der Waals surface area (Å²) in [6.07, 6.45) is 3.86. The molecule has 0 unspecified atom stereocenters. The first kappa shape index (κ1) is 23.2. The average molecular weight is 467 g/mol. The Kier molecular flexibility index (Phi) is 7.57. The van der Waals surface area contributed by atoms with Crippen LogP contribution in [-0.2, 0) is 16.1 Å². The fraction of sp³-hybridized carbons (Fsp3) is 0.346. The molecule has 1 aliphatic rings. The molecule has 1 N–H and O–H groups in total. The van der Waals surface area contributed by atoms with E-state index in [0.717, 1.165) is 48.1 Å². The maximum atomic E-state index is 13.0. The van der Waals surface area contributed by atoms with Crippen molar-refractivity contribution in [3.63, 3.8) is 0 Å². The second kappa shape index (κ2) is 10.8. The van der Waals surface area contributed by atoms with Crippen molar-refractivity contribution in [3.8, 4) is 22.4 Å². The summed E-state index contributed by atoms with van der Waals surface area (Å²) in [5, 5.41) is 14.2. The lowest BCUT2D eigenvalue weighted by Gasteiger charge is -2.28. The fourth-order valence-corrected chi connectivity index (χ4v) is 4.54. The van der Waals surface area contributed by atoms with Gasteiger partial charge in [0.1, 0.15) is 6.61 Å². The van der Waals surface area contributed by atoms with Gasteiger partial charge in [-0.1, -0.05) is 54.1 Å². The Labute approximate surface area is 197 Å². The number of benzene rings is 2. The van der Waals surface area contributed by atoms with Crippen molar-refractivity contribution in [2.45, 2.75) is 32.2 Å². The van der Waals surface area contributed by atoms with E-state index in [1.54, 1.807) is 10.7 Å². The van der Waals surface area contributed by atoms with Gasteiger partial charge in [0.15, 0.2) is 0 Å². The van der Waals surface area contributed by atoms with Crippen molar-refractivity contribution >= 4 is 17.6 Å². The fourth-order valence-electron chi connectivity index (χ4n) is 4.42. The second-order valence-corrected chi connectivity index (χ2v) is 9.03. The van der Waals surface area contributed by atoms with Gasteiger partial charge >= 0.3 is 5.97 Å². The minimum atomic E-state index is -0.940. The van der Waals surface area contributed by atoms with E-state index in [1.165, 1.54) is 0 Å². The van der Waals surface area contributed by atoms with Crippen molar-refractivity contribution in [2.24, 2.45) is 11.8 Å². The van der Waals surface area contributed by atoms with Crippen LogP contribution >= 0.6 is 11.6 Å². The van der Waals surface area contributed by atoms with Crippen molar-refractivity contribution < 1.29 is 14.6 Å². The second-order valence-electron chi connectivity index (χ2n) is 8.60. The van der Waals surface area contributed by atoms with E-state index in [-0.39, 0.29) is 12.2 Å². The predicted molar refractivity (Wildman–Crippen MR) is 128 cm³/mol. The maximum absolute atomic E-state index is 13.0. The van der Waals surface area contributed by atoms with Crippen LogP contribution in [0.15, 0.2) is 65.5 Å². The number of hydrogen-bond donors (Lipinski definition) is 1. The Morgan fingerprint density at radius 2 is 1.67 bits per heavy atom. The van der Waals surface area contributed by atoms with Gasteiger partial charge in [-0.05, 0) is 55.2 Å². The molecule has 1 heterocycles. The van der Waals surface area contributed by atoms with Crippen molar-refractivity contribution in [2.75, 3.05) is 13.2 Å². The summed E-state index contributed by atoms with van der Waals surface area (Å²) in [5.74, 6) is -0.216. The monoisotopic (exact) mass is 466 g/mol. The average Bonchev–Trinajstić information content (AvgIpc) is 2.82. The topological polar surface area (TPSA) is 81.4 Å². The zero-order valence-electron chi connectivity index (χ0n) is 18.3. The van der Waals surface area contributed by atoms with Crippen LogP contribution in [0.4, 0.5) is 0 Å². The molecule has 6 nitrogen and oxygen atoms in total. The van der Waals surface area contributed by atoms with Gasteiger partial charge in [-0.2, -0.15) is 5.10 Å². The van der Waals surface area contributed by atoms with Crippen LogP contribution in [0.25, 0.3) is 22.4 Å². The molecule has 1 aliphatic carbocycles. The number of aromatic nitrogens is 2. The minimum absolute atomic E-state index is 0.113. The van der Waals surface area contributed by atoms with Crippen LogP contribution in [0, 0.1) is 11.8 Å². The molecule has 0 aliphatic heterocycles. The van der Waals surface area contributed by atoms with Gasteiger partial charge in [0.25, 0.3) is 5.56 Å². The molecule has 0 amide bonds. The largest absolute Gasteiger partial charge is 0.480 e. The van der Waals surface area contributed by atoms with E-state index in [4.69, 9.17) is 26.5 Å². The Bertz CT molecular complexity index is 1140. The first-order valence-corrected chi connectivity index (χ1v) is 11.6. The van der Waals surface area contributed by atoms with Crippen LogP contribution in [0.1, 0.15) is 25.7 Å². The molecule has 2 aromatic carbocycles. The molecule has 1 fully saturated rings. The molecule has 172 valence electrons. The van der Waals surface area contributed by atoms with Gasteiger partial charge < -0.3 is 9.84 Å². The summed E-state index contributed by atoms with van der Waals surface area (Å²) in [5.41, 5.74) is 3.30. The SMILES string of the molecule is O=C(O)COC[C@H]1CC[C@H](Cn2nc(-c3ccc(Cl)cc3)c(-c3ccccc3)cc2=O)CC1. The molecule has 1 saturated carbocycles. The highest BCUT2D eigenvalue weighted by molar-refractivity contribution is 6.30. The Morgan fingerprint density at radius 1 is 1.00 bits per heavy atom. The Morgan fingerprint density at radius 3 is 2.33 bits per heavy atom. The van der Waals surface area contributed by atoms with Crippen molar-refractivity contribution in [3.05, 3.63) is 76.0 Å². The van der Waals surface area contributed by atoms with E-state index < -0.39 is 5.97 Å². The summed E-state index contributed by atoms with van der Waals surface area (Å²) in [6, 6.07) is 19.0. The molecule has 3 aromatic rings. The van der Waals surface area contributed by atoms with E-state index >= 15 is 0 Å². The van der Waals surface area contributed by atoms with E-state index in [9.17, 15) is 9.59 Å². The summed E-state index contributed by atoms with van der Waals surface area (Å²) in [6.45, 7) is 0.793. The third kappa shape index (κ3) is 6.09. The van der Waals surface area contributed by atoms with E-state index in [0.29, 0.717) is 30.0 Å². The number of carboxylic acid groups (broad SMARTS) is 1. The number of carboxylic acids is 1. The number of halogens is 1. The van der Waals surface area contributed by atoms with Crippen LogP contribution < -0.4 is 5.56 Å². The van der Waals surface area contributed by atoms with Crippen LogP contribution in [0.5, 0.6) is 0 Å². The predicted octanol–water partition coefficient (Wildman–Crippen LogP) is 5.14. The molecule has 0 spiro atoms. The highest BCUT2D eigenvalue weighted by atomic mass is 35.5. The molecular weight excluding hydrogens is 440 g/mol. The van der Waals surface area contributed by atoms with Crippen LogP contribution in [-0.4, -0.2) is 34.1 Å². The van der Waals surface area contributed by atoms with Gasteiger partial charge in [0.2, 0.25) is 0 Å². The molecule has 0 bridgehead atoms. The third-order valence-corrected chi connectivity index (χ3v) is 6.43. The number of hydrogen-bond acceptors (Lipinski definition) is 4. The van der Waals surface area contributed by atoms with Gasteiger partial charge in [-0.25, -0.2) is 9.48 Å². The molecule has 33 heavy (non-hydrogen) atoms. The van der Waals surface area contributed by atoms with Crippen LogP contribution in [0.2, 0.25) is 5.02 Å². The first-order chi connectivity index (χ1) is 16.0. The summed E-state index contributed by atoms with van der Waals surface area (Å²) in [4.78, 5) is 23.6. The Balaban J connectivity index is 1.54. The number of aliphatic carboxylic acids is 1. The minimum Gasteiger partial charge on any atom is -0.480 e. The number of ether oxygens (including phenoxy) is 1. The molecule has 0 atom stereocenters. The highest BCUT2D eigenvalue weighted by Gasteiger charge is 2.23. The lowest BCUT2D eigenvalue weighted by molar-refractivity contribution is -0.142. The normalized spacial score (nSPS) is 18.2. The Hall–Kier alpha value is -2.96. The smallest absolute Gasteiger partial charge is 0.329 e. The highest BCUT2D eigenvalue weighted by Crippen LogP contribution is 2.32. The van der Waals surface area contributed by atoms with E-state index in [1.807, 2.05) is 54.6 Å². The first-order valence-electron chi connectivity index (χ1n) is 11.2. The third-order valence-electron chi connectivity index (χ3n) is 6.18. The lowest BCUT2D eigenvalue weighted by Crippen LogP contribution is -2.29. The summed E-state index contributed by atoms with van der Waals surface area (Å²) in [7, 11) is 0. The van der Waals surface area contributed by atoms with Crippen molar-refractivity contribution in [1.29, 1.82) is 0 Å². The number of carbonyl (C=O) groups is 1. The molecule has 1 aromatic heterocycles. The quantitative estimate of drug-likeness (QED) is 0.497. The lowest BCUT2D eigenvalue weighted by atomic mass is 9.82. The molecule has 0 radical (unpaired) electrons. The zero-order valence-corrected chi connectivity index (χ0v) is 19.1. The van der Waals surface area contributed by atoms with Gasteiger partial charge in [-0.15, -0.1) is 0 Å². The van der Waals surface area contributed by atoms with Crippen molar-refractivity contribution in [1.82, 2.24) is 9.78 Å². The molecule has 7 heteroatoms. The standard InChI is InChI=1S/C26H27ClN2O4/c27-22-12-10-21(11-13-22)26-23(20-4-2-1-3-5-20)14-24(30)29(28-26)15-18-6-8-19(9-7-18)16-33-17-25(31)32/h1-5,10-14,18-19H,6-9,15-17H2,(H,31,32)/t18-,19-. The number of rotatable bonds is 8.